The molecule has 0 atom stereocenters. The molecule has 2 N–H and O–H groups in total. The summed E-state index contributed by atoms with van der Waals surface area (Å²) in [6.45, 7) is 9.47. The Morgan fingerprint density at radius 1 is 0.714 bits per heavy atom. The molecule has 10 heteroatoms. The molecular formula is C32H46N4O6. The van der Waals surface area contributed by atoms with Gasteiger partial charge in [-0.3, -0.25) is 24.1 Å². The number of hydrogen-bond donors (Lipinski definition) is 1. The third-order valence-electron chi connectivity index (χ3n) is 10.0. The maximum Gasteiger partial charge on any atom is 0.261 e. The SMILES string of the molecule is CC1(C(=O)N2CCOCC2)CCC(N)CC1.CC1(C(=O)N2CCOCC2)CCC(N2C(=O)c3ccccc3C2=O)CC1. The van der Waals surface area contributed by atoms with Crippen LogP contribution in [0.25, 0.3) is 0 Å². The minimum Gasteiger partial charge on any atom is -0.378 e. The van der Waals surface area contributed by atoms with E-state index in [4.69, 9.17) is 15.2 Å². The molecule has 0 bridgehead atoms. The van der Waals surface area contributed by atoms with E-state index in [1.165, 1.54) is 4.90 Å². The van der Waals surface area contributed by atoms with E-state index in [0.29, 0.717) is 88.3 Å². The summed E-state index contributed by atoms with van der Waals surface area (Å²) in [5.74, 6) is 0.0988. The van der Waals surface area contributed by atoms with E-state index in [1.54, 1.807) is 24.3 Å². The first-order valence-corrected chi connectivity index (χ1v) is 15.6. The Labute approximate surface area is 248 Å². The summed E-state index contributed by atoms with van der Waals surface area (Å²) in [6.07, 6.45) is 6.58. The summed E-state index contributed by atoms with van der Waals surface area (Å²) in [7, 11) is 0. The lowest BCUT2D eigenvalue weighted by Gasteiger charge is -2.42. The average molecular weight is 583 g/mol. The number of ether oxygens (including phenoxy) is 2. The van der Waals surface area contributed by atoms with Gasteiger partial charge in [-0.1, -0.05) is 26.0 Å². The van der Waals surface area contributed by atoms with E-state index in [0.717, 1.165) is 38.8 Å². The highest BCUT2D eigenvalue weighted by Gasteiger charge is 2.46. The van der Waals surface area contributed by atoms with E-state index >= 15 is 0 Å². The van der Waals surface area contributed by atoms with Crippen molar-refractivity contribution in [1.29, 1.82) is 0 Å². The fourth-order valence-corrected chi connectivity index (χ4v) is 7.04. The quantitative estimate of drug-likeness (QED) is 0.544. The van der Waals surface area contributed by atoms with Crippen molar-refractivity contribution >= 4 is 23.6 Å². The first kappa shape index (κ1) is 30.6. The largest absolute Gasteiger partial charge is 0.378 e. The zero-order valence-corrected chi connectivity index (χ0v) is 25.1. The van der Waals surface area contributed by atoms with Crippen molar-refractivity contribution in [3.8, 4) is 0 Å². The van der Waals surface area contributed by atoms with Crippen molar-refractivity contribution in [2.75, 3.05) is 52.6 Å². The molecule has 2 aliphatic carbocycles. The molecule has 2 saturated carbocycles. The van der Waals surface area contributed by atoms with E-state index < -0.39 is 5.41 Å². The highest BCUT2D eigenvalue weighted by atomic mass is 16.5. The Hall–Kier alpha value is -2.82. The number of nitrogens with zero attached hydrogens (tertiary/aromatic N) is 3. The van der Waals surface area contributed by atoms with E-state index in [2.05, 4.69) is 6.92 Å². The number of nitrogens with two attached hydrogens (primary N) is 1. The minimum atomic E-state index is -0.410. The number of morpholine rings is 2. The molecule has 3 aliphatic heterocycles. The maximum absolute atomic E-state index is 12.9. The average Bonchev–Trinajstić information content (AvgIpc) is 3.29. The van der Waals surface area contributed by atoms with E-state index in [-0.39, 0.29) is 29.2 Å². The van der Waals surface area contributed by atoms with E-state index in [1.807, 2.05) is 16.7 Å². The van der Waals surface area contributed by atoms with Crippen LogP contribution in [0.5, 0.6) is 0 Å². The lowest BCUT2D eigenvalue weighted by atomic mass is 9.72. The molecule has 42 heavy (non-hydrogen) atoms. The Kier molecular flexibility index (Phi) is 9.34. The molecule has 0 spiro atoms. The second kappa shape index (κ2) is 12.8. The predicted molar refractivity (Wildman–Crippen MR) is 157 cm³/mol. The van der Waals surface area contributed by atoms with E-state index in [9.17, 15) is 19.2 Å². The molecule has 0 radical (unpaired) electrons. The van der Waals surface area contributed by atoms with Crippen molar-refractivity contribution in [3.63, 3.8) is 0 Å². The van der Waals surface area contributed by atoms with Crippen LogP contribution in [0.3, 0.4) is 0 Å². The molecule has 2 saturated heterocycles. The zero-order valence-electron chi connectivity index (χ0n) is 25.1. The third kappa shape index (κ3) is 6.26. The van der Waals surface area contributed by atoms with Gasteiger partial charge in [-0.05, 0) is 63.5 Å². The summed E-state index contributed by atoms with van der Waals surface area (Å²) < 4.78 is 10.6. The highest BCUT2D eigenvalue weighted by molar-refractivity contribution is 6.21. The molecular weight excluding hydrogens is 536 g/mol. The van der Waals surface area contributed by atoms with Gasteiger partial charge in [0.2, 0.25) is 11.8 Å². The summed E-state index contributed by atoms with van der Waals surface area (Å²) >= 11 is 0. The van der Waals surface area contributed by atoms with Crippen LogP contribution in [0.15, 0.2) is 24.3 Å². The fourth-order valence-electron chi connectivity index (χ4n) is 7.04. The maximum atomic E-state index is 12.9. The summed E-state index contributed by atoms with van der Waals surface area (Å²) in [5, 5.41) is 0. The van der Waals surface area contributed by atoms with Crippen LogP contribution >= 0.6 is 0 Å². The van der Waals surface area contributed by atoms with Crippen LogP contribution in [0.4, 0.5) is 0 Å². The van der Waals surface area contributed by atoms with Crippen LogP contribution < -0.4 is 5.73 Å². The number of amides is 4. The monoisotopic (exact) mass is 582 g/mol. The molecule has 0 unspecified atom stereocenters. The zero-order chi connectivity index (χ0) is 29.9. The second-order valence-electron chi connectivity index (χ2n) is 13.0. The standard InChI is InChI=1S/C20H24N2O4.C12H22N2O2/c1-20(19(25)21-10-12-26-13-11-21)8-6-14(7-9-20)22-17(23)15-4-2-3-5-16(15)18(22)24;1-12(4-2-10(13)3-5-12)11(15)14-6-8-16-9-7-14/h2-5,14H,6-13H2,1H3;10H,2-9,13H2,1H3. The normalized spacial score (nSPS) is 31.7. The van der Waals surface area contributed by atoms with Crippen molar-refractivity contribution in [2.45, 2.75) is 77.3 Å². The van der Waals surface area contributed by atoms with Gasteiger partial charge in [-0.2, -0.15) is 0 Å². The second-order valence-corrected chi connectivity index (χ2v) is 13.0. The Morgan fingerprint density at radius 3 is 1.50 bits per heavy atom. The molecule has 4 amide bonds. The van der Waals surface area contributed by atoms with Crippen LogP contribution in [-0.2, 0) is 19.1 Å². The van der Waals surface area contributed by atoms with Gasteiger partial charge in [-0.25, -0.2) is 0 Å². The summed E-state index contributed by atoms with van der Waals surface area (Å²) in [5.41, 5.74) is 6.30. The number of fused-ring (bicyclic) bond motifs is 1. The van der Waals surface area contributed by atoms with Gasteiger partial charge >= 0.3 is 0 Å². The predicted octanol–water partition coefficient (Wildman–Crippen LogP) is 2.84. The topological polar surface area (TPSA) is 122 Å². The number of hydrogen-bond acceptors (Lipinski definition) is 7. The number of carbonyl (C=O) groups is 4. The van der Waals surface area contributed by atoms with Crippen LogP contribution in [0, 0.1) is 10.8 Å². The number of carbonyl (C=O) groups excluding carboxylic acids is 4. The van der Waals surface area contributed by atoms with Gasteiger partial charge in [0, 0.05) is 49.1 Å². The van der Waals surface area contributed by atoms with Gasteiger partial charge in [0.1, 0.15) is 0 Å². The third-order valence-corrected chi connectivity index (χ3v) is 10.0. The smallest absolute Gasteiger partial charge is 0.261 e. The van der Waals surface area contributed by atoms with Gasteiger partial charge in [0.05, 0.1) is 37.6 Å². The van der Waals surface area contributed by atoms with Gasteiger partial charge in [-0.15, -0.1) is 0 Å². The molecule has 230 valence electrons. The molecule has 5 aliphatic rings. The van der Waals surface area contributed by atoms with Crippen molar-refractivity contribution in [2.24, 2.45) is 16.6 Å². The molecule has 3 heterocycles. The Morgan fingerprint density at radius 2 is 1.10 bits per heavy atom. The lowest BCUT2D eigenvalue weighted by Crippen LogP contribution is -2.51. The lowest BCUT2D eigenvalue weighted by molar-refractivity contribution is -0.148. The molecule has 4 fully saturated rings. The van der Waals surface area contributed by atoms with Gasteiger partial charge in [0.25, 0.3) is 11.8 Å². The Balaban J connectivity index is 0.000000189. The summed E-state index contributed by atoms with van der Waals surface area (Å²) in [4.78, 5) is 55.9. The number of benzene rings is 1. The fraction of sp³-hybridized carbons (Fsp3) is 0.688. The van der Waals surface area contributed by atoms with Crippen LogP contribution in [0.2, 0.25) is 0 Å². The first-order valence-electron chi connectivity index (χ1n) is 15.6. The van der Waals surface area contributed by atoms with Crippen molar-refractivity contribution in [3.05, 3.63) is 35.4 Å². The molecule has 1 aromatic carbocycles. The minimum absolute atomic E-state index is 0.118. The van der Waals surface area contributed by atoms with Crippen molar-refractivity contribution < 1.29 is 28.7 Å². The molecule has 6 rings (SSSR count). The number of imide groups is 1. The van der Waals surface area contributed by atoms with Crippen molar-refractivity contribution in [1.82, 2.24) is 14.7 Å². The van der Waals surface area contributed by atoms with Crippen LogP contribution in [-0.4, -0.2) is 103 Å². The highest BCUT2D eigenvalue weighted by Crippen LogP contribution is 2.41. The molecule has 1 aromatic rings. The van der Waals surface area contributed by atoms with Crippen LogP contribution in [0.1, 0.15) is 85.9 Å². The molecule has 10 nitrogen and oxygen atoms in total. The van der Waals surface area contributed by atoms with Gasteiger partial charge in [0.15, 0.2) is 0 Å². The Bertz CT molecular complexity index is 1120. The summed E-state index contributed by atoms with van der Waals surface area (Å²) in [6, 6.07) is 7.17. The number of rotatable bonds is 3. The molecule has 0 aromatic heterocycles. The van der Waals surface area contributed by atoms with Gasteiger partial charge < -0.3 is 25.0 Å². The first-order chi connectivity index (χ1) is 20.1.